The largest absolute Gasteiger partial charge is 0.396 e. The van der Waals surface area contributed by atoms with E-state index in [9.17, 15) is 4.79 Å². The number of amides is 1. The van der Waals surface area contributed by atoms with E-state index in [0.29, 0.717) is 12.1 Å². The molecule has 0 radical (unpaired) electrons. The molecule has 2 heterocycles. The van der Waals surface area contributed by atoms with Crippen molar-refractivity contribution >= 4 is 16.9 Å². The molecule has 0 saturated heterocycles. The summed E-state index contributed by atoms with van der Waals surface area (Å²) in [6.07, 6.45) is 3.33. The Morgan fingerprint density at radius 3 is 3.00 bits per heavy atom. The van der Waals surface area contributed by atoms with Crippen molar-refractivity contribution in [1.82, 2.24) is 20.1 Å². The number of aryl methyl sites for hydroxylation is 2. The van der Waals surface area contributed by atoms with Gasteiger partial charge in [0.1, 0.15) is 0 Å². The standard InChI is InChI=1S/C15H22N4O2/c1-10(9-20)5-4-6-16-15(21)12-7-13-11(2)18-19(3)14(13)17-8-12/h7-8,10,20H,4-6,9H2,1-3H3,(H,16,21). The summed E-state index contributed by atoms with van der Waals surface area (Å²) in [5.41, 5.74) is 2.20. The van der Waals surface area contributed by atoms with Gasteiger partial charge in [0, 0.05) is 31.8 Å². The highest BCUT2D eigenvalue weighted by molar-refractivity contribution is 5.97. The molecule has 2 aromatic rings. The molecule has 2 N–H and O–H groups in total. The second-order valence-corrected chi connectivity index (χ2v) is 5.49. The van der Waals surface area contributed by atoms with Gasteiger partial charge in [-0.2, -0.15) is 5.10 Å². The zero-order valence-corrected chi connectivity index (χ0v) is 12.8. The Bertz CT molecular complexity index is 636. The van der Waals surface area contributed by atoms with Crippen LogP contribution in [-0.4, -0.2) is 38.9 Å². The predicted octanol–water partition coefficient (Wildman–Crippen LogP) is 1.42. The van der Waals surface area contributed by atoms with E-state index >= 15 is 0 Å². The Kier molecular flexibility index (Phi) is 4.90. The first kappa shape index (κ1) is 15.4. The van der Waals surface area contributed by atoms with Gasteiger partial charge in [0.15, 0.2) is 5.65 Å². The van der Waals surface area contributed by atoms with Crippen LogP contribution in [0.1, 0.15) is 35.8 Å². The van der Waals surface area contributed by atoms with Crippen LogP contribution in [-0.2, 0) is 7.05 Å². The second kappa shape index (κ2) is 6.67. The van der Waals surface area contributed by atoms with E-state index in [2.05, 4.69) is 15.4 Å². The molecule has 0 aliphatic heterocycles. The van der Waals surface area contributed by atoms with E-state index < -0.39 is 0 Å². The molecule has 2 rings (SSSR count). The summed E-state index contributed by atoms with van der Waals surface area (Å²) in [5, 5.41) is 17.0. The number of pyridine rings is 1. The Hall–Kier alpha value is -1.95. The fourth-order valence-electron chi connectivity index (χ4n) is 2.28. The number of hydrogen-bond donors (Lipinski definition) is 2. The molecule has 114 valence electrons. The quantitative estimate of drug-likeness (QED) is 0.788. The van der Waals surface area contributed by atoms with Crippen LogP contribution in [0.4, 0.5) is 0 Å². The molecule has 1 amide bonds. The average Bonchev–Trinajstić information content (AvgIpc) is 2.77. The minimum atomic E-state index is -0.121. The SMILES string of the molecule is Cc1nn(C)c2ncc(C(=O)NCCCC(C)CO)cc12. The van der Waals surface area contributed by atoms with Gasteiger partial charge in [-0.15, -0.1) is 0 Å². The first-order valence-corrected chi connectivity index (χ1v) is 7.21. The number of fused-ring (bicyclic) bond motifs is 1. The van der Waals surface area contributed by atoms with Crippen molar-refractivity contribution in [3.05, 3.63) is 23.5 Å². The lowest BCUT2D eigenvalue weighted by molar-refractivity contribution is 0.0952. The second-order valence-electron chi connectivity index (χ2n) is 5.49. The van der Waals surface area contributed by atoms with E-state index in [1.165, 1.54) is 0 Å². The molecule has 1 unspecified atom stereocenters. The number of aromatic nitrogens is 3. The topological polar surface area (TPSA) is 80.0 Å². The molecule has 0 aliphatic carbocycles. The molecule has 0 spiro atoms. The summed E-state index contributed by atoms with van der Waals surface area (Å²) in [7, 11) is 1.84. The molecule has 0 aromatic carbocycles. The maximum absolute atomic E-state index is 12.1. The van der Waals surface area contributed by atoms with Gasteiger partial charge in [0.2, 0.25) is 0 Å². The monoisotopic (exact) mass is 290 g/mol. The third-order valence-electron chi connectivity index (χ3n) is 3.60. The third-order valence-corrected chi connectivity index (χ3v) is 3.60. The zero-order valence-electron chi connectivity index (χ0n) is 12.8. The highest BCUT2D eigenvalue weighted by Crippen LogP contribution is 2.16. The molecule has 0 aliphatic rings. The summed E-state index contributed by atoms with van der Waals surface area (Å²) in [6.45, 7) is 4.69. The smallest absolute Gasteiger partial charge is 0.252 e. The Morgan fingerprint density at radius 2 is 2.29 bits per heavy atom. The van der Waals surface area contributed by atoms with Crippen LogP contribution in [0.3, 0.4) is 0 Å². The lowest BCUT2D eigenvalue weighted by Crippen LogP contribution is -2.25. The third kappa shape index (κ3) is 3.58. The number of nitrogens with one attached hydrogen (secondary N) is 1. The maximum Gasteiger partial charge on any atom is 0.252 e. The molecular weight excluding hydrogens is 268 g/mol. The number of carbonyl (C=O) groups is 1. The molecule has 0 bridgehead atoms. The number of hydrogen-bond acceptors (Lipinski definition) is 4. The van der Waals surface area contributed by atoms with E-state index in [-0.39, 0.29) is 18.4 Å². The van der Waals surface area contributed by atoms with Crippen molar-refractivity contribution in [3.8, 4) is 0 Å². The minimum absolute atomic E-state index is 0.121. The first-order valence-electron chi connectivity index (χ1n) is 7.21. The molecule has 1 atom stereocenters. The Labute approximate surface area is 124 Å². The summed E-state index contributed by atoms with van der Waals surface area (Å²) in [4.78, 5) is 16.4. The molecule has 21 heavy (non-hydrogen) atoms. The minimum Gasteiger partial charge on any atom is -0.396 e. The lowest BCUT2D eigenvalue weighted by Gasteiger charge is -2.08. The van der Waals surface area contributed by atoms with Crippen LogP contribution in [0.5, 0.6) is 0 Å². The van der Waals surface area contributed by atoms with Crippen LogP contribution in [0.2, 0.25) is 0 Å². The van der Waals surface area contributed by atoms with Crippen LogP contribution < -0.4 is 5.32 Å². The van der Waals surface area contributed by atoms with Crippen molar-refractivity contribution in [1.29, 1.82) is 0 Å². The van der Waals surface area contributed by atoms with Gasteiger partial charge in [-0.25, -0.2) is 4.98 Å². The van der Waals surface area contributed by atoms with Gasteiger partial charge in [-0.05, 0) is 31.7 Å². The van der Waals surface area contributed by atoms with Crippen molar-refractivity contribution < 1.29 is 9.90 Å². The van der Waals surface area contributed by atoms with Crippen LogP contribution >= 0.6 is 0 Å². The van der Waals surface area contributed by atoms with Gasteiger partial charge >= 0.3 is 0 Å². The Morgan fingerprint density at radius 1 is 1.52 bits per heavy atom. The van der Waals surface area contributed by atoms with Gasteiger partial charge in [0.25, 0.3) is 5.91 Å². The number of aliphatic hydroxyl groups excluding tert-OH is 1. The normalized spacial score (nSPS) is 12.6. The number of aliphatic hydroxyl groups is 1. The van der Waals surface area contributed by atoms with E-state index in [1.807, 2.05) is 27.0 Å². The highest BCUT2D eigenvalue weighted by Gasteiger charge is 2.11. The van der Waals surface area contributed by atoms with E-state index in [1.54, 1.807) is 10.9 Å². The molecule has 6 heteroatoms. The molecular formula is C15H22N4O2. The summed E-state index contributed by atoms with van der Waals surface area (Å²) >= 11 is 0. The van der Waals surface area contributed by atoms with Crippen molar-refractivity contribution in [2.24, 2.45) is 13.0 Å². The van der Waals surface area contributed by atoms with E-state index in [4.69, 9.17) is 5.11 Å². The lowest BCUT2D eigenvalue weighted by atomic mass is 10.1. The van der Waals surface area contributed by atoms with Crippen LogP contribution in [0.15, 0.2) is 12.3 Å². The van der Waals surface area contributed by atoms with Crippen molar-refractivity contribution in [2.75, 3.05) is 13.2 Å². The van der Waals surface area contributed by atoms with Gasteiger partial charge in [-0.1, -0.05) is 6.92 Å². The fraction of sp³-hybridized carbons (Fsp3) is 0.533. The number of nitrogens with zero attached hydrogens (tertiary/aromatic N) is 3. The first-order chi connectivity index (χ1) is 10.0. The van der Waals surface area contributed by atoms with Gasteiger partial charge in [0.05, 0.1) is 11.3 Å². The summed E-state index contributed by atoms with van der Waals surface area (Å²) in [5.74, 6) is 0.155. The fourth-order valence-corrected chi connectivity index (χ4v) is 2.28. The summed E-state index contributed by atoms with van der Waals surface area (Å²) < 4.78 is 1.71. The zero-order chi connectivity index (χ0) is 15.4. The summed E-state index contributed by atoms with van der Waals surface area (Å²) in [6, 6.07) is 1.83. The average molecular weight is 290 g/mol. The molecule has 6 nitrogen and oxygen atoms in total. The van der Waals surface area contributed by atoms with Gasteiger partial charge in [-0.3, -0.25) is 9.48 Å². The number of carbonyl (C=O) groups excluding carboxylic acids is 1. The van der Waals surface area contributed by atoms with Crippen molar-refractivity contribution in [3.63, 3.8) is 0 Å². The predicted molar refractivity (Wildman–Crippen MR) is 81.1 cm³/mol. The van der Waals surface area contributed by atoms with Crippen LogP contribution in [0, 0.1) is 12.8 Å². The van der Waals surface area contributed by atoms with E-state index in [0.717, 1.165) is 29.6 Å². The van der Waals surface area contributed by atoms with Gasteiger partial charge < -0.3 is 10.4 Å². The highest BCUT2D eigenvalue weighted by atomic mass is 16.3. The van der Waals surface area contributed by atoms with Crippen LogP contribution in [0.25, 0.3) is 11.0 Å². The maximum atomic E-state index is 12.1. The molecule has 0 fully saturated rings. The molecule has 2 aromatic heterocycles. The molecule has 0 saturated carbocycles. The Balaban J connectivity index is 1.98. The number of rotatable bonds is 6. The van der Waals surface area contributed by atoms with Crippen molar-refractivity contribution in [2.45, 2.75) is 26.7 Å².